The van der Waals surface area contributed by atoms with Crippen molar-refractivity contribution in [2.75, 3.05) is 13.2 Å². The number of carboxylic acid groups (broad SMARTS) is 1. The lowest BCUT2D eigenvalue weighted by atomic mass is 9.96. The van der Waals surface area contributed by atoms with E-state index in [2.05, 4.69) is 5.32 Å². The number of rotatable bonds is 6. The van der Waals surface area contributed by atoms with Crippen molar-refractivity contribution in [3.63, 3.8) is 0 Å². The number of fused-ring (bicyclic) bond motifs is 1. The molecular formula is C19H18FNO5. The van der Waals surface area contributed by atoms with Crippen molar-refractivity contribution in [3.8, 4) is 11.5 Å². The van der Waals surface area contributed by atoms with Gasteiger partial charge in [-0.15, -0.1) is 0 Å². The van der Waals surface area contributed by atoms with Crippen LogP contribution in [0.4, 0.5) is 4.39 Å². The topological polar surface area (TPSA) is 84.9 Å². The van der Waals surface area contributed by atoms with Crippen LogP contribution >= 0.6 is 0 Å². The summed E-state index contributed by atoms with van der Waals surface area (Å²) < 4.78 is 23.8. The zero-order chi connectivity index (χ0) is 18.5. The molecule has 2 N–H and O–H groups in total. The minimum absolute atomic E-state index is 0.205. The van der Waals surface area contributed by atoms with Gasteiger partial charge in [-0.05, 0) is 42.3 Å². The fraction of sp³-hybridized carbons (Fsp3) is 0.263. The number of carbonyl (C=O) groups excluding carboxylic acids is 1. The maximum Gasteiger partial charge on any atom is 0.346 e. The molecule has 26 heavy (non-hydrogen) atoms. The van der Waals surface area contributed by atoms with E-state index in [1.807, 2.05) is 24.3 Å². The Kier molecular flexibility index (Phi) is 5.36. The summed E-state index contributed by atoms with van der Waals surface area (Å²) in [5, 5.41) is 11.9. The average molecular weight is 359 g/mol. The van der Waals surface area contributed by atoms with Crippen LogP contribution in [-0.4, -0.2) is 36.2 Å². The van der Waals surface area contributed by atoms with Crippen LogP contribution in [0.2, 0.25) is 0 Å². The minimum atomic E-state index is -1.28. The molecule has 0 aromatic heterocycles. The highest BCUT2D eigenvalue weighted by Gasteiger charge is 2.27. The van der Waals surface area contributed by atoms with Gasteiger partial charge in [0.25, 0.3) is 0 Å². The van der Waals surface area contributed by atoms with Crippen LogP contribution in [0.25, 0.3) is 0 Å². The second-order valence-electron chi connectivity index (χ2n) is 5.96. The predicted octanol–water partition coefficient (Wildman–Crippen LogP) is 2.03. The Morgan fingerprint density at radius 3 is 2.69 bits per heavy atom. The molecule has 7 heteroatoms. The van der Waals surface area contributed by atoms with Gasteiger partial charge < -0.3 is 19.9 Å². The van der Waals surface area contributed by atoms with Crippen molar-refractivity contribution in [2.24, 2.45) is 5.92 Å². The van der Waals surface area contributed by atoms with Gasteiger partial charge in [-0.2, -0.15) is 0 Å². The number of nitrogens with one attached hydrogen (secondary N) is 1. The molecule has 0 saturated heterocycles. The molecule has 2 atom stereocenters. The second-order valence-corrected chi connectivity index (χ2v) is 5.96. The number of hydrogen-bond acceptors (Lipinski definition) is 4. The molecule has 136 valence electrons. The van der Waals surface area contributed by atoms with Gasteiger partial charge in [0, 0.05) is 0 Å². The first-order valence-electron chi connectivity index (χ1n) is 8.16. The Labute approximate surface area is 149 Å². The lowest BCUT2D eigenvalue weighted by Gasteiger charge is -2.25. The number of hydrogen-bond donors (Lipinski definition) is 2. The first-order chi connectivity index (χ1) is 12.5. The third kappa shape index (κ3) is 4.30. The van der Waals surface area contributed by atoms with Gasteiger partial charge in [-0.1, -0.05) is 18.2 Å². The summed E-state index contributed by atoms with van der Waals surface area (Å²) in [6.45, 7) is 0.0308. The smallest absolute Gasteiger partial charge is 0.346 e. The first-order valence-corrected chi connectivity index (χ1v) is 8.16. The van der Waals surface area contributed by atoms with Crippen LogP contribution in [0, 0.1) is 11.7 Å². The standard InChI is InChI=1S/C19H18FNO5/c20-14-5-7-15(8-6-14)26-17(19(23)24)10-21-18(22)13-9-12-3-1-2-4-16(12)25-11-13/h1-8,13,17H,9-11H2,(H,21,22)(H,23,24). The molecule has 0 radical (unpaired) electrons. The van der Waals surface area contributed by atoms with E-state index in [9.17, 15) is 19.1 Å². The van der Waals surface area contributed by atoms with E-state index in [4.69, 9.17) is 9.47 Å². The number of benzene rings is 2. The normalized spacial score (nSPS) is 16.7. The first kappa shape index (κ1) is 17.7. The van der Waals surface area contributed by atoms with Crippen molar-refractivity contribution in [2.45, 2.75) is 12.5 Å². The third-order valence-corrected chi connectivity index (χ3v) is 4.08. The van der Waals surface area contributed by atoms with E-state index in [0.717, 1.165) is 11.3 Å². The molecule has 2 aromatic carbocycles. The zero-order valence-corrected chi connectivity index (χ0v) is 13.9. The Bertz CT molecular complexity index is 793. The van der Waals surface area contributed by atoms with E-state index in [1.165, 1.54) is 24.3 Å². The molecular weight excluding hydrogens is 341 g/mol. The quantitative estimate of drug-likeness (QED) is 0.824. The number of carbonyl (C=O) groups is 2. The highest BCUT2D eigenvalue weighted by atomic mass is 19.1. The SMILES string of the molecule is O=C(NCC(Oc1ccc(F)cc1)C(=O)O)C1COc2ccccc2C1. The third-order valence-electron chi connectivity index (χ3n) is 4.08. The van der Waals surface area contributed by atoms with Crippen LogP contribution in [0.3, 0.4) is 0 Å². The molecule has 3 rings (SSSR count). The van der Waals surface area contributed by atoms with Gasteiger partial charge in [0.1, 0.15) is 23.9 Å². The summed E-state index contributed by atoms with van der Waals surface area (Å²) in [7, 11) is 0. The van der Waals surface area contributed by atoms with Crippen LogP contribution in [-0.2, 0) is 16.0 Å². The van der Waals surface area contributed by atoms with Crippen molar-refractivity contribution in [1.82, 2.24) is 5.32 Å². The van der Waals surface area contributed by atoms with Gasteiger partial charge in [0.05, 0.1) is 12.5 Å². The maximum absolute atomic E-state index is 12.9. The van der Waals surface area contributed by atoms with Gasteiger partial charge in [0.15, 0.2) is 0 Å². The van der Waals surface area contributed by atoms with Crippen LogP contribution in [0.15, 0.2) is 48.5 Å². The van der Waals surface area contributed by atoms with E-state index < -0.39 is 23.8 Å². The summed E-state index contributed by atoms with van der Waals surface area (Å²) in [5.41, 5.74) is 0.941. The molecule has 1 aliphatic rings. The Hall–Kier alpha value is -3.09. The van der Waals surface area contributed by atoms with E-state index in [0.29, 0.717) is 6.42 Å². The highest BCUT2D eigenvalue weighted by molar-refractivity contribution is 5.81. The fourth-order valence-electron chi connectivity index (χ4n) is 2.69. The number of para-hydroxylation sites is 1. The maximum atomic E-state index is 12.9. The number of carboxylic acids is 1. The molecule has 0 bridgehead atoms. The van der Waals surface area contributed by atoms with E-state index in [1.54, 1.807) is 0 Å². The predicted molar refractivity (Wildman–Crippen MR) is 90.6 cm³/mol. The molecule has 0 spiro atoms. The van der Waals surface area contributed by atoms with Crippen LogP contribution < -0.4 is 14.8 Å². The molecule has 2 aromatic rings. The van der Waals surface area contributed by atoms with Crippen LogP contribution in [0.1, 0.15) is 5.56 Å². The van der Waals surface area contributed by atoms with Crippen LogP contribution in [0.5, 0.6) is 11.5 Å². The summed E-state index contributed by atoms with van der Waals surface area (Å²) in [6, 6.07) is 12.5. The number of ether oxygens (including phenoxy) is 2. The van der Waals surface area contributed by atoms with Gasteiger partial charge >= 0.3 is 5.97 Å². The molecule has 1 heterocycles. The lowest BCUT2D eigenvalue weighted by Crippen LogP contribution is -2.44. The summed E-state index contributed by atoms with van der Waals surface area (Å²) >= 11 is 0. The summed E-state index contributed by atoms with van der Waals surface area (Å²) in [4.78, 5) is 23.7. The number of aliphatic carboxylic acids is 1. The van der Waals surface area contributed by atoms with Gasteiger partial charge in [-0.3, -0.25) is 4.79 Å². The Morgan fingerprint density at radius 1 is 1.23 bits per heavy atom. The molecule has 0 saturated carbocycles. The zero-order valence-electron chi connectivity index (χ0n) is 13.9. The van der Waals surface area contributed by atoms with Crippen molar-refractivity contribution in [1.29, 1.82) is 0 Å². The highest BCUT2D eigenvalue weighted by Crippen LogP contribution is 2.26. The molecule has 2 unspecified atom stereocenters. The largest absolute Gasteiger partial charge is 0.492 e. The monoisotopic (exact) mass is 359 g/mol. The average Bonchev–Trinajstić information content (AvgIpc) is 2.65. The molecule has 6 nitrogen and oxygen atoms in total. The fourth-order valence-corrected chi connectivity index (χ4v) is 2.69. The molecule has 1 aliphatic heterocycles. The molecule has 1 amide bonds. The summed E-state index contributed by atoms with van der Waals surface area (Å²) in [6.07, 6.45) is -0.750. The van der Waals surface area contributed by atoms with E-state index >= 15 is 0 Å². The Balaban J connectivity index is 1.56. The molecule has 0 fully saturated rings. The number of halogens is 1. The van der Waals surface area contributed by atoms with Gasteiger partial charge in [-0.25, -0.2) is 9.18 Å². The van der Waals surface area contributed by atoms with Crippen molar-refractivity contribution < 1.29 is 28.6 Å². The van der Waals surface area contributed by atoms with Gasteiger partial charge in [0.2, 0.25) is 12.0 Å². The minimum Gasteiger partial charge on any atom is -0.492 e. The Morgan fingerprint density at radius 2 is 1.96 bits per heavy atom. The molecule has 0 aliphatic carbocycles. The summed E-state index contributed by atoms with van der Waals surface area (Å²) in [5.74, 6) is -1.39. The van der Waals surface area contributed by atoms with Crippen molar-refractivity contribution >= 4 is 11.9 Å². The second kappa shape index (κ2) is 7.86. The van der Waals surface area contributed by atoms with E-state index in [-0.39, 0.29) is 24.8 Å². The number of amides is 1. The lowest BCUT2D eigenvalue weighted by molar-refractivity contribution is -0.145. The van der Waals surface area contributed by atoms with Crippen molar-refractivity contribution in [3.05, 3.63) is 59.9 Å².